The van der Waals surface area contributed by atoms with E-state index in [2.05, 4.69) is 25.3 Å². The molecule has 3 rings (SSSR count). The van der Waals surface area contributed by atoms with E-state index in [-0.39, 0.29) is 11.9 Å². The molecule has 1 aliphatic heterocycles. The van der Waals surface area contributed by atoms with Gasteiger partial charge in [-0.1, -0.05) is 0 Å². The Kier molecular flexibility index (Phi) is 6.33. The summed E-state index contributed by atoms with van der Waals surface area (Å²) >= 11 is 0. The van der Waals surface area contributed by atoms with Gasteiger partial charge in [0.1, 0.15) is 5.82 Å². The van der Waals surface area contributed by atoms with Crippen molar-refractivity contribution in [3.63, 3.8) is 0 Å². The van der Waals surface area contributed by atoms with Crippen LogP contribution in [0.3, 0.4) is 0 Å². The first-order valence-electron chi connectivity index (χ1n) is 9.54. The van der Waals surface area contributed by atoms with Crippen LogP contribution in [0.25, 0.3) is 0 Å². The maximum Gasteiger partial charge on any atom is 0.321 e. The smallest absolute Gasteiger partial charge is 0.321 e. The van der Waals surface area contributed by atoms with Crippen LogP contribution in [0.15, 0.2) is 18.5 Å². The number of carbonyl (C=O) groups excluding carboxylic acids is 1. The standard InChI is InChI=1S/C19H28N6O3/c1-13(2)25-12-15(11-21-25)18(26)20-10-14-5-7-24(8-6-14)16-9-17(27-3)23-19(22-16)28-4/h9,11-14H,5-8,10H2,1-4H3,(H,20,26). The molecular weight excluding hydrogens is 360 g/mol. The molecule has 0 spiro atoms. The molecule has 2 aromatic heterocycles. The SMILES string of the molecule is COc1cc(N2CCC(CNC(=O)c3cnn(C(C)C)c3)CC2)nc(OC)n1. The van der Waals surface area contributed by atoms with E-state index in [1.807, 2.05) is 19.9 Å². The number of nitrogens with one attached hydrogen (secondary N) is 1. The summed E-state index contributed by atoms with van der Waals surface area (Å²) in [4.78, 5) is 23.1. The van der Waals surface area contributed by atoms with Gasteiger partial charge in [0.05, 0.1) is 26.0 Å². The summed E-state index contributed by atoms with van der Waals surface area (Å²) in [6.07, 6.45) is 5.35. The third kappa shape index (κ3) is 4.71. The van der Waals surface area contributed by atoms with Gasteiger partial charge in [-0.25, -0.2) is 0 Å². The zero-order valence-electron chi connectivity index (χ0n) is 16.9. The highest BCUT2D eigenvalue weighted by atomic mass is 16.5. The van der Waals surface area contributed by atoms with Crippen molar-refractivity contribution in [1.82, 2.24) is 25.1 Å². The molecule has 3 heterocycles. The maximum atomic E-state index is 12.3. The predicted molar refractivity (Wildman–Crippen MR) is 105 cm³/mol. The Morgan fingerprint density at radius 3 is 2.61 bits per heavy atom. The van der Waals surface area contributed by atoms with Gasteiger partial charge >= 0.3 is 6.01 Å². The van der Waals surface area contributed by atoms with E-state index in [9.17, 15) is 4.79 Å². The highest BCUT2D eigenvalue weighted by molar-refractivity contribution is 5.93. The molecule has 0 saturated carbocycles. The molecule has 2 aromatic rings. The van der Waals surface area contributed by atoms with Crippen LogP contribution in [-0.2, 0) is 0 Å². The average molecular weight is 388 g/mol. The number of rotatable bonds is 7. The van der Waals surface area contributed by atoms with E-state index in [1.54, 1.807) is 31.3 Å². The van der Waals surface area contributed by atoms with Gasteiger partial charge in [-0.15, -0.1) is 0 Å². The van der Waals surface area contributed by atoms with Gasteiger partial charge in [-0.05, 0) is 32.6 Å². The molecule has 0 unspecified atom stereocenters. The quantitative estimate of drug-likeness (QED) is 0.774. The van der Waals surface area contributed by atoms with Crippen LogP contribution >= 0.6 is 0 Å². The van der Waals surface area contributed by atoms with E-state index >= 15 is 0 Å². The lowest BCUT2D eigenvalue weighted by atomic mass is 9.96. The third-order valence-electron chi connectivity index (χ3n) is 4.94. The minimum atomic E-state index is -0.0698. The summed E-state index contributed by atoms with van der Waals surface area (Å²) in [7, 11) is 3.11. The second kappa shape index (κ2) is 8.90. The lowest BCUT2D eigenvalue weighted by Crippen LogP contribution is -2.39. The molecule has 28 heavy (non-hydrogen) atoms. The molecule has 1 aliphatic rings. The Bertz CT molecular complexity index is 776. The maximum absolute atomic E-state index is 12.3. The zero-order valence-corrected chi connectivity index (χ0v) is 16.9. The number of piperidine rings is 1. The number of ether oxygens (including phenoxy) is 2. The van der Waals surface area contributed by atoms with Gasteiger partial charge in [-0.3, -0.25) is 9.48 Å². The Balaban J connectivity index is 1.51. The number of hydrogen-bond acceptors (Lipinski definition) is 7. The molecule has 0 aliphatic carbocycles. The zero-order chi connectivity index (χ0) is 20.1. The molecule has 9 nitrogen and oxygen atoms in total. The number of amides is 1. The van der Waals surface area contributed by atoms with Crippen molar-refractivity contribution in [3.8, 4) is 11.9 Å². The Labute approximate surface area is 165 Å². The molecule has 1 fully saturated rings. The van der Waals surface area contributed by atoms with Crippen LogP contribution in [0, 0.1) is 5.92 Å². The molecule has 1 N–H and O–H groups in total. The normalized spacial score (nSPS) is 15.0. The number of hydrogen-bond donors (Lipinski definition) is 1. The van der Waals surface area contributed by atoms with E-state index in [0.717, 1.165) is 31.7 Å². The van der Waals surface area contributed by atoms with Gasteiger partial charge in [0.25, 0.3) is 5.91 Å². The van der Waals surface area contributed by atoms with E-state index in [0.29, 0.717) is 29.9 Å². The van der Waals surface area contributed by atoms with Crippen molar-refractivity contribution in [1.29, 1.82) is 0 Å². The van der Waals surface area contributed by atoms with Crippen LogP contribution in [0.2, 0.25) is 0 Å². The van der Waals surface area contributed by atoms with E-state index in [1.165, 1.54) is 0 Å². The van der Waals surface area contributed by atoms with Gasteiger partial charge in [0.2, 0.25) is 5.88 Å². The summed E-state index contributed by atoms with van der Waals surface area (Å²) in [6, 6.07) is 2.35. The van der Waals surface area contributed by atoms with Crippen molar-refractivity contribution in [2.75, 3.05) is 38.8 Å². The van der Waals surface area contributed by atoms with E-state index < -0.39 is 0 Å². The lowest BCUT2D eigenvalue weighted by Gasteiger charge is -2.32. The van der Waals surface area contributed by atoms with Crippen molar-refractivity contribution in [3.05, 3.63) is 24.0 Å². The second-order valence-corrected chi connectivity index (χ2v) is 7.20. The fraction of sp³-hybridized carbons (Fsp3) is 0.579. The van der Waals surface area contributed by atoms with Crippen molar-refractivity contribution in [2.24, 2.45) is 5.92 Å². The van der Waals surface area contributed by atoms with Crippen LogP contribution in [0.5, 0.6) is 11.9 Å². The summed E-state index contributed by atoms with van der Waals surface area (Å²) in [6.45, 7) is 6.44. The monoisotopic (exact) mass is 388 g/mol. The summed E-state index contributed by atoms with van der Waals surface area (Å²) in [5.74, 6) is 1.65. The number of methoxy groups -OCH3 is 2. The summed E-state index contributed by atoms with van der Waals surface area (Å²) < 4.78 is 12.2. The van der Waals surface area contributed by atoms with Crippen LogP contribution in [0.1, 0.15) is 43.1 Å². The Morgan fingerprint density at radius 1 is 1.25 bits per heavy atom. The van der Waals surface area contributed by atoms with Crippen molar-refractivity contribution < 1.29 is 14.3 Å². The highest BCUT2D eigenvalue weighted by Crippen LogP contribution is 2.25. The fourth-order valence-electron chi connectivity index (χ4n) is 3.19. The van der Waals surface area contributed by atoms with Gasteiger partial charge in [0, 0.05) is 37.9 Å². The minimum absolute atomic E-state index is 0.0698. The number of anilines is 1. The first kappa shape index (κ1) is 19.9. The molecule has 0 atom stereocenters. The fourth-order valence-corrected chi connectivity index (χ4v) is 3.19. The van der Waals surface area contributed by atoms with Crippen LogP contribution in [0.4, 0.5) is 5.82 Å². The number of nitrogens with zero attached hydrogens (tertiary/aromatic N) is 5. The van der Waals surface area contributed by atoms with Crippen LogP contribution in [-0.4, -0.2) is 59.5 Å². The largest absolute Gasteiger partial charge is 0.481 e. The molecule has 152 valence electrons. The van der Waals surface area contributed by atoms with Crippen molar-refractivity contribution >= 4 is 11.7 Å². The van der Waals surface area contributed by atoms with Gasteiger partial charge in [-0.2, -0.15) is 15.1 Å². The molecule has 0 aromatic carbocycles. The highest BCUT2D eigenvalue weighted by Gasteiger charge is 2.22. The summed E-state index contributed by atoms with van der Waals surface area (Å²) in [5, 5.41) is 7.26. The Morgan fingerprint density at radius 2 is 2.00 bits per heavy atom. The molecule has 9 heteroatoms. The third-order valence-corrected chi connectivity index (χ3v) is 4.94. The first-order valence-corrected chi connectivity index (χ1v) is 9.54. The van der Waals surface area contributed by atoms with Crippen LogP contribution < -0.4 is 19.7 Å². The first-order chi connectivity index (χ1) is 13.5. The van der Waals surface area contributed by atoms with Crippen molar-refractivity contribution in [2.45, 2.75) is 32.7 Å². The summed E-state index contributed by atoms with van der Waals surface area (Å²) in [5.41, 5.74) is 0.603. The topological polar surface area (TPSA) is 94.4 Å². The molecule has 1 saturated heterocycles. The number of aromatic nitrogens is 4. The second-order valence-electron chi connectivity index (χ2n) is 7.20. The molecule has 1 amide bonds. The van der Waals surface area contributed by atoms with E-state index in [4.69, 9.17) is 9.47 Å². The van der Waals surface area contributed by atoms with Gasteiger partial charge < -0.3 is 19.7 Å². The minimum Gasteiger partial charge on any atom is -0.481 e. The van der Waals surface area contributed by atoms with Gasteiger partial charge in [0.15, 0.2) is 0 Å². The predicted octanol–water partition coefficient (Wildman–Crippen LogP) is 1.92. The molecule has 0 bridgehead atoms. The average Bonchev–Trinajstić information content (AvgIpc) is 3.22. The lowest BCUT2D eigenvalue weighted by molar-refractivity contribution is 0.0944. The Hall–Kier alpha value is -2.84. The molecular formula is C19H28N6O3. The molecule has 0 radical (unpaired) electrons. The number of carbonyl (C=O) groups is 1.